The maximum atomic E-state index is 5.78. The molecule has 0 atom stereocenters. The molecule has 0 bridgehead atoms. The summed E-state index contributed by atoms with van der Waals surface area (Å²) in [5.74, 6) is 1.90. The van der Waals surface area contributed by atoms with Gasteiger partial charge >= 0.3 is 0 Å². The van der Waals surface area contributed by atoms with Crippen molar-refractivity contribution in [3.63, 3.8) is 0 Å². The minimum atomic E-state index is 0.340. The Morgan fingerprint density at radius 3 is 2.61 bits per heavy atom. The lowest BCUT2D eigenvalue weighted by atomic mass is 10.1. The molecule has 23 heavy (non-hydrogen) atoms. The van der Waals surface area contributed by atoms with Gasteiger partial charge in [0, 0.05) is 6.42 Å². The lowest BCUT2D eigenvalue weighted by Crippen LogP contribution is -2.02. The highest BCUT2D eigenvalue weighted by atomic mass is 16.3. The average Bonchev–Trinajstić information content (AvgIpc) is 3.17. The number of benzene rings is 1. The lowest BCUT2D eigenvalue weighted by Gasteiger charge is -2.05. The number of aromatic amines is 1. The number of anilines is 1. The summed E-state index contributed by atoms with van der Waals surface area (Å²) in [6.45, 7) is 0. The molecule has 0 aliphatic heterocycles. The molecule has 3 N–H and O–H groups in total. The number of fused-ring (bicyclic) bond motifs is 1. The Kier molecular flexibility index (Phi) is 3.27. The number of nitrogens with zero attached hydrogens (tertiary/aromatic N) is 3. The van der Waals surface area contributed by atoms with Crippen LogP contribution < -0.4 is 5.73 Å². The second kappa shape index (κ2) is 5.57. The first-order valence-electron chi connectivity index (χ1n) is 7.35. The topological polar surface area (TPSA) is 93.6 Å². The molecule has 0 amide bonds. The van der Waals surface area contributed by atoms with Crippen molar-refractivity contribution in [2.45, 2.75) is 12.8 Å². The fourth-order valence-electron chi connectivity index (χ4n) is 2.59. The maximum absolute atomic E-state index is 5.78. The van der Waals surface area contributed by atoms with Gasteiger partial charge in [0.15, 0.2) is 11.6 Å². The molecule has 0 aliphatic carbocycles. The fourth-order valence-corrected chi connectivity index (χ4v) is 2.59. The third kappa shape index (κ3) is 2.78. The number of imidazole rings is 1. The first-order valence-corrected chi connectivity index (χ1v) is 7.35. The molecule has 0 radical (unpaired) electrons. The van der Waals surface area contributed by atoms with Crippen LogP contribution in [-0.4, -0.2) is 19.9 Å². The summed E-state index contributed by atoms with van der Waals surface area (Å²) in [5.41, 5.74) is 9.11. The molecule has 0 aliphatic rings. The van der Waals surface area contributed by atoms with Crippen molar-refractivity contribution in [1.82, 2.24) is 19.9 Å². The molecule has 6 heteroatoms. The van der Waals surface area contributed by atoms with Crippen LogP contribution in [0.15, 0.2) is 53.1 Å². The molecule has 114 valence electrons. The Balaban J connectivity index is 1.76. The summed E-state index contributed by atoms with van der Waals surface area (Å²) in [6.07, 6.45) is 2.87. The van der Waals surface area contributed by atoms with Crippen molar-refractivity contribution in [2.24, 2.45) is 0 Å². The molecule has 3 aromatic heterocycles. The molecule has 4 aromatic rings. The summed E-state index contributed by atoms with van der Waals surface area (Å²) in [5, 5.41) is 0. The van der Waals surface area contributed by atoms with Gasteiger partial charge in [0.25, 0.3) is 0 Å². The smallest absolute Gasteiger partial charge is 0.200 e. The summed E-state index contributed by atoms with van der Waals surface area (Å²) in [7, 11) is 0. The van der Waals surface area contributed by atoms with Crippen LogP contribution in [-0.2, 0) is 12.8 Å². The molecule has 0 saturated heterocycles. The first kappa shape index (κ1) is 13.5. The van der Waals surface area contributed by atoms with Crippen LogP contribution in [0.3, 0.4) is 0 Å². The second-order valence-electron chi connectivity index (χ2n) is 5.33. The van der Waals surface area contributed by atoms with Gasteiger partial charge in [-0.25, -0.2) is 9.97 Å². The van der Waals surface area contributed by atoms with Gasteiger partial charge in [0.05, 0.1) is 18.4 Å². The number of furan rings is 1. The zero-order chi connectivity index (χ0) is 15.6. The Hall–Kier alpha value is -3.15. The second-order valence-corrected chi connectivity index (χ2v) is 5.33. The number of nitrogen functional groups attached to an aromatic ring is 1. The van der Waals surface area contributed by atoms with Gasteiger partial charge in [-0.2, -0.15) is 4.98 Å². The molecule has 0 saturated carbocycles. The molecule has 6 nitrogen and oxygen atoms in total. The summed E-state index contributed by atoms with van der Waals surface area (Å²) in [4.78, 5) is 16.5. The standard InChI is InChI=1S/C17H15N5O/c18-17-21-15-13(10-12-7-4-8-23-12)19-14(20-16(15)22-17)9-11-5-2-1-3-6-11/h1-8H,9-10H2,(H3,18,19,20,21,22). The van der Waals surface area contributed by atoms with Gasteiger partial charge in [-0.3, -0.25) is 0 Å². The number of H-pyrrole nitrogens is 1. The van der Waals surface area contributed by atoms with Gasteiger partial charge in [-0.05, 0) is 17.7 Å². The number of aromatic nitrogens is 4. The predicted molar refractivity (Wildman–Crippen MR) is 86.9 cm³/mol. The van der Waals surface area contributed by atoms with Crippen LogP contribution in [0.2, 0.25) is 0 Å². The van der Waals surface area contributed by atoms with Gasteiger partial charge in [0.1, 0.15) is 17.1 Å². The van der Waals surface area contributed by atoms with Crippen LogP contribution >= 0.6 is 0 Å². The summed E-state index contributed by atoms with van der Waals surface area (Å²) >= 11 is 0. The van der Waals surface area contributed by atoms with E-state index >= 15 is 0 Å². The third-order valence-corrected chi connectivity index (χ3v) is 3.62. The van der Waals surface area contributed by atoms with E-state index in [9.17, 15) is 0 Å². The Bertz CT molecular complexity index is 928. The number of nitrogens with two attached hydrogens (primary N) is 1. The highest BCUT2D eigenvalue weighted by molar-refractivity contribution is 5.75. The molecule has 4 rings (SSSR count). The molecule has 0 fully saturated rings. The molecule has 3 heterocycles. The molecule has 0 spiro atoms. The van der Waals surface area contributed by atoms with Crippen molar-refractivity contribution < 1.29 is 4.42 Å². The van der Waals surface area contributed by atoms with Crippen molar-refractivity contribution >= 4 is 17.1 Å². The van der Waals surface area contributed by atoms with Crippen molar-refractivity contribution in [1.29, 1.82) is 0 Å². The Morgan fingerprint density at radius 2 is 1.83 bits per heavy atom. The van der Waals surface area contributed by atoms with Gasteiger partial charge in [-0.1, -0.05) is 30.3 Å². The van der Waals surface area contributed by atoms with Gasteiger partial charge in [-0.15, -0.1) is 0 Å². The zero-order valence-electron chi connectivity index (χ0n) is 12.4. The van der Waals surface area contributed by atoms with E-state index in [4.69, 9.17) is 10.2 Å². The van der Waals surface area contributed by atoms with E-state index < -0.39 is 0 Å². The fraction of sp³-hybridized carbons (Fsp3) is 0.118. The zero-order valence-corrected chi connectivity index (χ0v) is 12.4. The number of nitrogens with one attached hydrogen (secondary N) is 1. The van der Waals surface area contributed by atoms with E-state index in [1.54, 1.807) is 6.26 Å². The van der Waals surface area contributed by atoms with E-state index in [0.29, 0.717) is 24.4 Å². The van der Waals surface area contributed by atoms with Crippen LogP contribution in [0.25, 0.3) is 11.2 Å². The van der Waals surface area contributed by atoms with E-state index in [-0.39, 0.29) is 0 Å². The third-order valence-electron chi connectivity index (χ3n) is 3.62. The SMILES string of the molecule is Nc1nc2nc(Cc3ccccc3)nc(Cc3ccco3)c2[nH]1. The summed E-state index contributed by atoms with van der Waals surface area (Å²) in [6, 6.07) is 13.9. The number of hydrogen-bond donors (Lipinski definition) is 2. The van der Waals surface area contributed by atoms with Crippen molar-refractivity contribution in [2.75, 3.05) is 5.73 Å². The minimum Gasteiger partial charge on any atom is -0.469 e. The van der Waals surface area contributed by atoms with E-state index in [0.717, 1.165) is 28.4 Å². The lowest BCUT2D eigenvalue weighted by molar-refractivity contribution is 0.519. The normalized spacial score (nSPS) is 11.1. The van der Waals surface area contributed by atoms with Crippen LogP contribution in [0.4, 0.5) is 5.95 Å². The number of hydrogen-bond acceptors (Lipinski definition) is 5. The molecule has 1 aromatic carbocycles. The van der Waals surface area contributed by atoms with Crippen LogP contribution in [0.1, 0.15) is 22.8 Å². The van der Waals surface area contributed by atoms with Crippen LogP contribution in [0.5, 0.6) is 0 Å². The summed E-state index contributed by atoms with van der Waals surface area (Å²) < 4.78 is 5.43. The monoisotopic (exact) mass is 305 g/mol. The van der Waals surface area contributed by atoms with E-state index in [2.05, 4.69) is 32.1 Å². The first-order chi connectivity index (χ1) is 11.3. The molecular formula is C17H15N5O. The van der Waals surface area contributed by atoms with E-state index in [1.807, 2.05) is 30.3 Å². The van der Waals surface area contributed by atoms with E-state index in [1.165, 1.54) is 0 Å². The highest BCUT2D eigenvalue weighted by Gasteiger charge is 2.13. The maximum Gasteiger partial charge on any atom is 0.200 e. The largest absolute Gasteiger partial charge is 0.469 e. The molecular weight excluding hydrogens is 290 g/mol. The Morgan fingerprint density at radius 1 is 0.957 bits per heavy atom. The number of rotatable bonds is 4. The highest BCUT2D eigenvalue weighted by Crippen LogP contribution is 2.19. The van der Waals surface area contributed by atoms with Gasteiger partial charge < -0.3 is 15.1 Å². The average molecular weight is 305 g/mol. The quantitative estimate of drug-likeness (QED) is 0.604. The minimum absolute atomic E-state index is 0.340. The predicted octanol–water partition coefficient (Wildman–Crippen LogP) is 2.71. The van der Waals surface area contributed by atoms with Crippen molar-refractivity contribution in [3.8, 4) is 0 Å². The van der Waals surface area contributed by atoms with Gasteiger partial charge in [0.2, 0.25) is 0 Å². The van der Waals surface area contributed by atoms with Crippen molar-refractivity contribution in [3.05, 3.63) is 71.6 Å². The van der Waals surface area contributed by atoms with Crippen LogP contribution in [0, 0.1) is 0 Å². The molecule has 0 unspecified atom stereocenters. The Labute approximate surface area is 132 Å².